The molecule has 2 N–H and O–H groups in total. The molecule has 0 aliphatic heterocycles. The third kappa shape index (κ3) is 4.44. The fourth-order valence-electron chi connectivity index (χ4n) is 2.08. The summed E-state index contributed by atoms with van der Waals surface area (Å²) in [5.41, 5.74) is 0.948. The first kappa shape index (κ1) is 16.3. The van der Waals surface area contributed by atoms with Crippen molar-refractivity contribution in [1.82, 2.24) is 9.55 Å². The van der Waals surface area contributed by atoms with E-state index in [1.54, 1.807) is 18.2 Å². The summed E-state index contributed by atoms with van der Waals surface area (Å²) < 4.78 is 1.12. The average molecular weight is 309 g/mol. The molecule has 118 valence electrons. The van der Waals surface area contributed by atoms with Crippen LogP contribution in [-0.2, 0) is 13.1 Å². The van der Waals surface area contributed by atoms with E-state index in [9.17, 15) is 9.59 Å². The zero-order valence-electron chi connectivity index (χ0n) is 12.8. The van der Waals surface area contributed by atoms with Crippen LogP contribution in [0.5, 0.6) is 0 Å². The van der Waals surface area contributed by atoms with Crippen molar-refractivity contribution in [2.24, 2.45) is 0 Å². The molecule has 0 aliphatic carbocycles. The predicted octanol–water partition coefficient (Wildman–Crippen LogP) is 2.45. The largest absolute Gasteiger partial charge is 0.367 e. The SMILES string of the molecule is C=C/C=C(\C=C)Cn1c(=O)cc(NCc2ccccc2)[nH]c1=O. The first-order chi connectivity index (χ1) is 11.1. The fourth-order valence-corrected chi connectivity index (χ4v) is 2.08. The van der Waals surface area contributed by atoms with Gasteiger partial charge in [0.1, 0.15) is 5.82 Å². The van der Waals surface area contributed by atoms with E-state index < -0.39 is 5.69 Å². The smallest absolute Gasteiger partial charge is 0.330 e. The van der Waals surface area contributed by atoms with E-state index in [0.717, 1.165) is 15.7 Å². The van der Waals surface area contributed by atoms with Crippen LogP contribution in [0.1, 0.15) is 5.56 Å². The number of benzene rings is 1. The van der Waals surface area contributed by atoms with Gasteiger partial charge in [-0.25, -0.2) is 4.79 Å². The van der Waals surface area contributed by atoms with Gasteiger partial charge in [0.15, 0.2) is 0 Å². The van der Waals surface area contributed by atoms with Crippen molar-refractivity contribution in [3.63, 3.8) is 0 Å². The van der Waals surface area contributed by atoms with Gasteiger partial charge in [-0.1, -0.05) is 61.7 Å². The molecule has 5 heteroatoms. The van der Waals surface area contributed by atoms with Gasteiger partial charge in [-0.05, 0) is 11.1 Å². The number of hydrogen-bond donors (Lipinski definition) is 2. The number of aromatic nitrogens is 2. The summed E-state index contributed by atoms with van der Waals surface area (Å²) in [6.07, 6.45) is 4.89. The van der Waals surface area contributed by atoms with Crippen LogP contribution in [0.25, 0.3) is 0 Å². The summed E-state index contributed by atoms with van der Waals surface area (Å²) in [7, 11) is 0. The molecule has 0 unspecified atom stereocenters. The number of rotatable bonds is 7. The maximum Gasteiger partial charge on any atom is 0.330 e. The third-order valence-corrected chi connectivity index (χ3v) is 3.28. The molecule has 1 aromatic heterocycles. The first-order valence-electron chi connectivity index (χ1n) is 7.20. The Balaban J connectivity index is 2.18. The zero-order chi connectivity index (χ0) is 16.7. The van der Waals surface area contributed by atoms with Crippen molar-refractivity contribution in [2.45, 2.75) is 13.1 Å². The summed E-state index contributed by atoms with van der Waals surface area (Å²) in [5.74, 6) is 0.396. The maximum absolute atomic E-state index is 12.1. The number of H-pyrrole nitrogens is 1. The van der Waals surface area contributed by atoms with Gasteiger partial charge in [-0.15, -0.1) is 0 Å². The van der Waals surface area contributed by atoms with Crippen molar-refractivity contribution in [2.75, 3.05) is 5.32 Å². The molecule has 2 aromatic rings. The van der Waals surface area contributed by atoms with Crippen molar-refractivity contribution in [3.05, 3.63) is 99.8 Å². The first-order valence-corrected chi connectivity index (χ1v) is 7.20. The zero-order valence-corrected chi connectivity index (χ0v) is 12.8. The van der Waals surface area contributed by atoms with Crippen molar-refractivity contribution < 1.29 is 0 Å². The minimum absolute atomic E-state index is 0.155. The quantitative estimate of drug-likeness (QED) is 0.772. The summed E-state index contributed by atoms with van der Waals surface area (Å²) in [6, 6.07) is 11.1. The van der Waals surface area contributed by atoms with Gasteiger partial charge in [-0.2, -0.15) is 0 Å². The molecule has 0 saturated heterocycles. The molecule has 23 heavy (non-hydrogen) atoms. The van der Waals surface area contributed by atoms with Gasteiger partial charge in [0.05, 0.1) is 6.54 Å². The highest BCUT2D eigenvalue weighted by Crippen LogP contribution is 2.03. The van der Waals surface area contributed by atoms with Crippen molar-refractivity contribution >= 4 is 5.82 Å². The normalized spacial score (nSPS) is 11.0. The van der Waals surface area contributed by atoms with Crippen LogP contribution in [0, 0.1) is 0 Å². The number of aromatic amines is 1. The van der Waals surface area contributed by atoms with Gasteiger partial charge in [0, 0.05) is 12.6 Å². The molecule has 0 aliphatic rings. The summed E-state index contributed by atoms with van der Waals surface area (Å²) in [4.78, 5) is 26.9. The van der Waals surface area contributed by atoms with Crippen LogP contribution < -0.4 is 16.6 Å². The Morgan fingerprint density at radius 1 is 1.22 bits per heavy atom. The standard InChI is InChI=1S/C18H19N3O2/c1-3-8-14(4-2)13-21-17(22)11-16(20-18(21)23)19-12-15-9-6-5-7-10-15/h3-11,19H,1-2,12-13H2,(H,20,23)/b14-8+. The molecule has 0 atom stereocenters. The van der Waals surface area contributed by atoms with Crippen LogP contribution in [0.2, 0.25) is 0 Å². The van der Waals surface area contributed by atoms with Gasteiger partial charge in [-0.3, -0.25) is 14.3 Å². The van der Waals surface area contributed by atoms with Crippen LogP contribution in [-0.4, -0.2) is 9.55 Å². The second kappa shape index (κ2) is 7.79. The molecule has 0 saturated carbocycles. The lowest BCUT2D eigenvalue weighted by atomic mass is 10.2. The Morgan fingerprint density at radius 3 is 2.57 bits per heavy atom. The lowest BCUT2D eigenvalue weighted by molar-refractivity contribution is 0.699. The average Bonchev–Trinajstić information content (AvgIpc) is 2.56. The van der Waals surface area contributed by atoms with Crippen LogP contribution in [0.3, 0.4) is 0 Å². The topological polar surface area (TPSA) is 66.9 Å². The van der Waals surface area contributed by atoms with Gasteiger partial charge in [0.25, 0.3) is 5.56 Å². The summed E-state index contributed by atoms with van der Waals surface area (Å²) in [5, 5.41) is 3.04. The van der Waals surface area contributed by atoms with Crippen molar-refractivity contribution in [3.8, 4) is 0 Å². The molecule has 0 amide bonds. The minimum Gasteiger partial charge on any atom is -0.367 e. The lowest BCUT2D eigenvalue weighted by Gasteiger charge is -2.09. The lowest BCUT2D eigenvalue weighted by Crippen LogP contribution is -2.35. The maximum atomic E-state index is 12.1. The van der Waals surface area contributed by atoms with E-state index in [2.05, 4.69) is 23.5 Å². The van der Waals surface area contributed by atoms with Crippen LogP contribution in [0.15, 0.2) is 82.9 Å². The number of allylic oxidation sites excluding steroid dienone is 4. The minimum atomic E-state index is -0.468. The highest BCUT2D eigenvalue weighted by molar-refractivity contribution is 5.34. The molecule has 1 heterocycles. The van der Waals surface area contributed by atoms with Crippen LogP contribution in [0.4, 0.5) is 5.82 Å². The van der Waals surface area contributed by atoms with E-state index in [4.69, 9.17) is 0 Å². The molecular weight excluding hydrogens is 290 g/mol. The van der Waals surface area contributed by atoms with E-state index in [1.165, 1.54) is 6.07 Å². The monoisotopic (exact) mass is 309 g/mol. The molecule has 1 aromatic carbocycles. The Kier molecular flexibility index (Phi) is 5.52. The van der Waals surface area contributed by atoms with E-state index >= 15 is 0 Å². The van der Waals surface area contributed by atoms with Gasteiger partial charge in [0.2, 0.25) is 0 Å². The van der Waals surface area contributed by atoms with Gasteiger partial charge >= 0.3 is 5.69 Å². The number of nitrogens with zero attached hydrogens (tertiary/aromatic N) is 1. The fraction of sp³-hybridized carbons (Fsp3) is 0.111. The van der Waals surface area contributed by atoms with E-state index in [-0.39, 0.29) is 12.1 Å². The van der Waals surface area contributed by atoms with E-state index in [0.29, 0.717) is 12.4 Å². The summed E-state index contributed by atoms with van der Waals surface area (Å²) in [6.45, 7) is 7.93. The van der Waals surface area contributed by atoms with Crippen LogP contribution >= 0.6 is 0 Å². The van der Waals surface area contributed by atoms with Gasteiger partial charge < -0.3 is 5.32 Å². The van der Waals surface area contributed by atoms with E-state index in [1.807, 2.05) is 30.3 Å². The molecule has 0 spiro atoms. The third-order valence-electron chi connectivity index (χ3n) is 3.28. The highest BCUT2D eigenvalue weighted by Gasteiger charge is 2.05. The Bertz CT molecular complexity index is 798. The Labute approximate surface area is 134 Å². The predicted molar refractivity (Wildman–Crippen MR) is 93.6 cm³/mol. The Morgan fingerprint density at radius 2 is 1.96 bits per heavy atom. The molecule has 0 radical (unpaired) electrons. The molecule has 5 nitrogen and oxygen atoms in total. The van der Waals surface area contributed by atoms with Crippen molar-refractivity contribution in [1.29, 1.82) is 0 Å². The molecule has 0 bridgehead atoms. The number of anilines is 1. The number of hydrogen-bond acceptors (Lipinski definition) is 3. The number of nitrogens with one attached hydrogen (secondary N) is 2. The Hall–Kier alpha value is -3.08. The second-order valence-corrected chi connectivity index (χ2v) is 4.93. The second-order valence-electron chi connectivity index (χ2n) is 4.93. The molecule has 2 rings (SSSR count). The molecular formula is C18H19N3O2. The molecule has 0 fully saturated rings. The highest BCUT2D eigenvalue weighted by atomic mass is 16.2. The summed E-state index contributed by atoms with van der Waals surface area (Å²) >= 11 is 0.